The highest BCUT2D eigenvalue weighted by atomic mass is 16.5. The molecule has 5 rings (SSSR count). The third-order valence-corrected chi connectivity index (χ3v) is 8.51. The van der Waals surface area contributed by atoms with E-state index in [0.29, 0.717) is 49.6 Å². The van der Waals surface area contributed by atoms with Crippen molar-refractivity contribution in [3.8, 4) is 0 Å². The van der Waals surface area contributed by atoms with E-state index in [9.17, 15) is 14.7 Å². The van der Waals surface area contributed by atoms with E-state index in [1.54, 1.807) is 0 Å². The van der Waals surface area contributed by atoms with Crippen molar-refractivity contribution < 1.29 is 19.4 Å². The van der Waals surface area contributed by atoms with Crippen LogP contribution in [0, 0.1) is 0 Å². The van der Waals surface area contributed by atoms with E-state index >= 15 is 0 Å². The van der Waals surface area contributed by atoms with Crippen LogP contribution in [-0.2, 0) is 11.3 Å². The van der Waals surface area contributed by atoms with Crippen molar-refractivity contribution in [3.05, 3.63) is 41.1 Å². The molecule has 1 aromatic carbocycles. The summed E-state index contributed by atoms with van der Waals surface area (Å²) in [6.07, 6.45) is 5.12. The van der Waals surface area contributed by atoms with E-state index < -0.39 is 11.6 Å². The number of rotatable bonds is 7. The third kappa shape index (κ3) is 6.42. The van der Waals surface area contributed by atoms with Gasteiger partial charge in [-0.05, 0) is 71.1 Å². The van der Waals surface area contributed by atoms with Gasteiger partial charge in [-0.15, -0.1) is 0 Å². The Bertz CT molecular complexity index is 1250. The van der Waals surface area contributed by atoms with Crippen LogP contribution in [0.3, 0.4) is 0 Å². The normalized spacial score (nSPS) is 20.0. The number of morpholine rings is 1. The van der Waals surface area contributed by atoms with E-state index in [1.807, 2.05) is 44.4 Å². The molecule has 10 nitrogen and oxygen atoms in total. The number of hydrogen-bond donors (Lipinski definition) is 2. The molecule has 0 radical (unpaired) electrons. The maximum absolute atomic E-state index is 13.4. The van der Waals surface area contributed by atoms with Gasteiger partial charge >= 0.3 is 6.09 Å². The molecule has 1 aromatic heterocycles. The van der Waals surface area contributed by atoms with Crippen molar-refractivity contribution >= 4 is 29.5 Å². The molecule has 3 aliphatic rings. The highest BCUT2D eigenvalue weighted by molar-refractivity contribution is 5.98. The molecule has 1 saturated carbocycles. The third-order valence-electron chi connectivity index (χ3n) is 8.51. The van der Waals surface area contributed by atoms with Crippen LogP contribution in [0.4, 0.5) is 22.2 Å². The van der Waals surface area contributed by atoms with Crippen molar-refractivity contribution in [1.82, 2.24) is 19.8 Å². The molecule has 0 spiro atoms. The van der Waals surface area contributed by atoms with Crippen LogP contribution in [-0.4, -0.2) is 80.8 Å². The van der Waals surface area contributed by atoms with Gasteiger partial charge in [-0.2, -0.15) is 4.98 Å². The van der Waals surface area contributed by atoms with Crippen molar-refractivity contribution in [2.24, 2.45) is 0 Å². The number of ether oxygens (including phenoxy) is 1. The maximum Gasteiger partial charge on any atom is 0.407 e. The van der Waals surface area contributed by atoms with E-state index in [2.05, 4.69) is 29.6 Å². The van der Waals surface area contributed by atoms with E-state index in [-0.39, 0.29) is 24.6 Å². The van der Waals surface area contributed by atoms with Crippen LogP contribution >= 0.6 is 0 Å². The number of carbonyl (C=O) groups is 2. The lowest BCUT2D eigenvalue weighted by atomic mass is 9.84. The number of carboxylic acid groups (broad SMARTS) is 1. The van der Waals surface area contributed by atoms with Crippen molar-refractivity contribution in [1.29, 1.82) is 0 Å². The Morgan fingerprint density at radius 3 is 2.49 bits per heavy atom. The Morgan fingerprint density at radius 2 is 1.85 bits per heavy atom. The molecule has 10 heteroatoms. The molecule has 3 heterocycles. The maximum atomic E-state index is 13.4. The minimum absolute atomic E-state index is 0.0370. The fourth-order valence-electron chi connectivity index (χ4n) is 6.10. The Hall–Kier alpha value is -3.40. The summed E-state index contributed by atoms with van der Waals surface area (Å²) in [5.41, 5.74) is 2.98. The van der Waals surface area contributed by atoms with Crippen LogP contribution in [0.25, 0.3) is 0 Å². The lowest BCUT2D eigenvalue weighted by Crippen LogP contribution is -2.53. The fraction of sp³-hybridized carbons (Fsp3) is 0.613. The minimum atomic E-state index is -0.979. The van der Waals surface area contributed by atoms with Gasteiger partial charge in [-0.3, -0.25) is 4.79 Å². The number of benzene rings is 1. The van der Waals surface area contributed by atoms with E-state index in [0.717, 1.165) is 11.3 Å². The molecule has 2 fully saturated rings. The first-order valence-electron chi connectivity index (χ1n) is 15.0. The summed E-state index contributed by atoms with van der Waals surface area (Å²) in [6.45, 7) is 11.7. The number of aromatic nitrogens is 2. The van der Waals surface area contributed by atoms with Crippen LogP contribution in [0.5, 0.6) is 0 Å². The van der Waals surface area contributed by atoms with E-state index in [4.69, 9.17) is 14.7 Å². The predicted molar refractivity (Wildman–Crippen MR) is 159 cm³/mol. The SMILES string of the molecule is CC(C)N1Cc2c(Nc3ccc(C4CCCCC4)cc3)nc(N3CCO[C@@H](CN(C(=O)O)C(C)(C)C)C3)nc2C1=O. The summed E-state index contributed by atoms with van der Waals surface area (Å²) >= 11 is 0. The van der Waals surface area contributed by atoms with Crippen LogP contribution in [0.1, 0.15) is 94.3 Å². The van der Waals surface area contributed by atoms with Crippen molar-refractivity contribution in [2.45, 2.75) is 96.9 Å². The average molecular weight is 565 g/mol. The van der Waals surface area contributed by atoms with Gasteiger partial charge in [0.05, 0.1) is 25.8 Å². The number of anilines is 3. The molecule has 2 aliphatic heterocycles. The molecule has 222 valence electrons. The standard InChI is InChI=1S/C31H44N6O4/c1-20(2)36-19-25-26(28(36)38)33-29(35-15-16-41-24(17-35)18-37(30(39)40)31(3,4)5)34-27(25)32-23-13-11-22(12-14-23)21-9-7-6-8-10-21/h11-14,20-21,24H,6-10,15-19H2,1-5H3,(H,39,40)(H,32,33,34)/t24-/m1/s1. The second kappa shape index (κ2) is 11.8. The Balaban J connectivity index is 1.41. The molecule has 1 atom stereocenters. The van der Waals surface area contributed by atoms with Gasteiger partial charge in [0.25, 0.3) is 5.91 Å². The summed E-state index contributed by atoms with van der Waals surface area (Å²) in [6, 6.07) is 8.67. The zero-order valence-corrected chi connectivity index (χ0v) is 25.0. The van der Waals surface area contributed by atoms with Crippen LogP contribution < -0.4 is 10.2 Å². The van der Waals surface area contributed by atoms with Gasteiger partial charge in [0.2, 0.25) is 5.95 Å². The topological polar surface area (TPSA) is 111 Å². The van der Waals surface area contributed by atoms with Gasteiger partial charge in [0.15, 0.2) is 0 Å². The molecule has 1 aliphatic carbocycles. The van der Waals surface area contributed by atoms with Gasteiger partial charge in [-0.25, -0.2) is 9.78 Å². The first-order chi connectivity index (χ1) is 19.5. The number of nitrogens with zero attached hydrogens (tertiary/aromatic N) is 5. The Kier molecular flexibility index (Phi) is 8.40. The zero-order valence-electron chi connectivity index (χ0n) is 25.0. The molecule has 0 unspecified atom stereocenters. The van der Waals surface area contributed by atoms with Gasteiger partial charge < -0.3 is 29.9 Å². The molecule has 1 saturated heterocycles. The van der Waals surface area contributed by atoms with Gasteiger partial charge in [0.1, 0.15) is 11.5 Å². The lowest BCUT2D eigenvalue weighted by Gasteiger charge is -2.39. The monoisotopic (exact) mass is 564 g/mol. The predicted octanol–water partition coefficient (Wildman–Crippen LogP) is 5.62. The Labute approximate surface area is 243 Å². The smallest absolute Gasteiger partial charge is 0.407 e. The van der Waals surface area contributed by atoms with Crippen LogP contribution in [0.2, 0.25) is 0 Å². The zero-order chi connectivity index (χ0) is 29.3. The Morgan fingerprint density at radius 1 is 1.15 bits per heavy atom. The van der Waals surface area contributed by atoms with Crippen molar-refractivity contribution in [3.63, 3.8) is 0 Å². The van der Waals surface area contributed by atoms with Gasteiger partial charge in [0, 0.05) is 35.9 Å². The fourth-order valence-corrected chi connectivity index (χ4v) is 6.10. The molecule has 41 heavy (non-hydrogen) atoms. The molecule has 2 amide bonds. The summed E-state index contributed by atoms with van der Waals surface area (Å²) < 4.78 is 5.96. The summed E-state index contributed by atoms with van der Waals surface area (Å²) in [4.78, 5) is 40.2. The largest absolute Gasteiger partial charge is 0.465 e. The molecular weight excluding hydrogens is 520 g/mol. The first kappa shape index (κ1) is 29.1. The molecule has 0 bridgehead atoms. The van der Waals surface area contributed by atoms with Crippen LogP contribution in [0.15, 0.2) is 24.3 Å². The minimum Gasteiger partial charge on any atom is -0.465 e. The molecule has 2 N–H and O–H groups in total. The summed E-state index contributed by atoms with van der Waals surface area (Å²) in [5.74, 6) is 1.63. The second-order valence-corrected chi connectivity index (χ2v) is 12.8. The highest BCUT2D eigenvalue weighted by Gasteiger charge is 2.36. The second-order valence-electron chi connectivity index (χ2n) is 12.8. The highest BCUT2D eigenvalue weighted by Crippen LogP contribution is 2.35. The van der Waals surface area contributed by atoms with Crippen molar-refractivity contribution in [2.75, 3.05) is 36.5 Å². The first-order valence-corrected chi connectivity index (χ1v) is 15.0. The lowest BCUT2D eigenvalue weighted by molar-refractivity contribution is -0.000705. The average Bonchev–Trinajstić information content (AvgIpc) is 3.29. The molecular formula is C31H44N6O4. The number of fused-ring (bicyclic) bond motifs is 1. The number of amides is 2. The number of nitrogens with one attached hydrogen (secondary N) is 1. The quantitative estimate of drug-likeness (QED) is 0.446. The van der Waals surface area contributed by atoms with Gasteiger partial charge in [-0.1, -0.05) is 31.4 Å². The summed E-state index contributed by atoms with van der Waals surface area (Å²) in [7, 11) is 0. The number of hydrogen-bond acceptors (Lipinski definition) is 7. The van der Waals surface area contributed by atoms with E-state index in [1.165, 1.54) is 42.6 Å². The molecule has 2 aromatic rings. The number of carbonyl (C=O) groups excluding carboxylic acids is 1. The summed E-state index contributed by atoms with van der Waals surface area (Å²) in [5, 5.41) is 13.3.